The summed E-state index contributed by atoms with van der Waals surface area (Å²) in [5.41, 5.74) is 5.91. The molecule has 0 aromatic heterocycles. The van der Waals surface area contributed by atoms with Gasteiger partial charge in [-0.1, -0.05) is 18.9 Å². The van der Waals surface area contributed by atoms with Crippen molar-refractivity contribution in [2.75, 3.05) is 11.9 Å². The first-order valence-electron chi connectivity index (χ1n) is 9.03. The Morgan fingerprint density at radius 1 is 1.07 bits per heavy atom. The number of anilines is 1. The summed E-state index contributed by atoms with van der Waals surface area (Å²) in [6.07, 6.45) is 3.22. The van der Waals surface area contributed by atoms with Crippen molar-refractivity contribution in [1.82, 2.24) is 0 Å². The molecule has 0 unspecified atom stereocenters. The van der Waals surface area contributed by atoms with Gasteiger partial charge >= 0.3 is 0 Å². The summed E-state index contributed by atoms with van der Waals surface area (Å²) in [5.74, 6) is -0.552. The van der Waals surface area contributed by atoms with E-state index >= 15 is 0 Å². The Labute approximate surface area is 163 Å². The normalized spacial score (nSPS) is 14.6. The molecule has 1 aliphatic rings. The summed E-state index contributed by atoms with van der Waals surface area (Å²) < 4.78 is 30.7. The van der Waals surface area contributed by atoms with E-state index in [1.807, 2.05) is 0 Å². The van der Waals surface area contributed by atoms with Gasteiger partial charge in [-0.05, 0) is 55.3 Å². The summed E-state index contributed by atoms with van der Waals surface area (Å²) in [6, 6.07) is 12.4. The highest BCUT2D eigenvalue weighted by Crippen LogP contribution is 2.30. The standard InChI is InChI=1S/C20H22N2O5S/c21-20(24)14-8-10-16(11-9-14)27-13-19(23)22-15-4-3-7-18(12-15)28(25,26)17-5-1-2-6-17/h3-4,7-12,17H,1-2,5-6,13H2,(H2,21,24)(H,22,23). The van der Waals surface area contributed by atoms with E-state index in [1.165, 1.54) is 18.2 Å². The lowest BCUT2D eigenvalue weighted by atomic mass is 10.2. The Morgan fingerprint density at radius 2 is 1.75 bits per heavy atom. The minimum Gasteiger partial charge on any atom is -0.484 e. The number of nitrogens with one attached hydrogen (secondary N) is 1. The van der Waals surface area contributed by atoms with Crippen LogP contribution in [0.1, 0.15) is 36.0 Å². The van der Waals surface area contributed by atoms with Crippen LogP contribution in [0.3, 0.4) is 0 Å². The van der Waals surface area contributed by atoms with Crippen LogP contribution in [0.2, 0.25) is 0 Å². The number of amides is 2. The summed E-state index contributed by atoms with van der Waals surface area (Å²) in [4.78, 5) is 23.4. The smallest absolute Gasteiger partial charge is 0.262 e. The van der Waals surface area contributed by atoms with Crippen molar-refractivity contribution in [3.8, 4) is 5.75 Å². The van der Waals surface area contributed by atoms with Crippen LogP contribution in [-0.2, 0) is 14.6 Å². The van der Waals surface area contributed by atoms with E-state index in [9.17, 15) is 18.0 Å². The highest BCUT2D eigenvalue weighted by molar-refractivity contribution is 7.92. The number of carbonyl (C=O) groups is 2. The Balaban J connectivity index is 1.60. The molecule has 2 aromatic rings. The SMILES string of the molecule is NC(=O)c1ccc(OCC(=O)Nc2cccc(S(=O)(=O)C3CCCC3)c2)cc1. The molecule has 8 heteroatoms. The molecule has 28 heavy (non-hydrogen) atoms. The van der Waals surface area contributed by atoms with Gasteiger partial charge in [0.05, 0.1) is 10.1 Å². The molecule has 3 rings (SSSR count). The first kappa shape index (κ1) is 19.9. The van der Waals surface area contributed by atoms with Gasteiger partial charge in [-0.25, -0.2) is 8.42 Å². The molecular formula is C20H22N2O5S. The van der Waals surface area contributed by atoms with Crippen LogP contribution in [0.25, 0.3) is 0 Å². The maximum absolute atomic E-state index is 12.7. The molecule has 1 aliphatic carbocycles. The molecule has 0 heterocycles. The number of hydrogen-bond donors (Lipinski definition) is 2. The summed E-state index contributed by atoms with van der Waals surface area (Å²) in [5, 5.41) is 2.30. The average molecular weight is 402 g/mol. The number of benzene rings is 2. The Bertz CT molecular complexity index is 964. The van der Waals surface area contributed by atoms with Crippen LogP contribution in [0, 0.1) is 0 Å². The van der Waals surface area contributed by atoms with Gasteiger partial charge in [0, 0.05) is 11.3 Å². The minimum atomic E-state index is -3.38. The maximum Gasteiger partial charge on any atom is 0.262 e. The first-order valence-corrected chi connectivity index (χ1v) is 10.6. The molecule has 0 saturated heterocycles. The summed E-state index contributed by atoms with van der Waals surface area (Å²) in [6.45, 7) is -0.254. The molecule has 0 spiro atoms. The van der Waals surface area contributed by atoms with Crippen molar-refractivity contribution in [2.45, 2.75) is 35.8 Å². The number of carbonyl (C=O) groups excluding carboxylic acids is 2. The first-order chi connectivity index (χ1) is 13.4. The van der Waals surface area contributed by atoms with Crippen LogP contribution < -0.4 is 15.8 Å². The molecule has 3 N–H and O–H groups in total. The minimum absolute atomic E-state index is 0.222. The predicted molar refractivity (Wildman–Crippen MR) is 105 cm³/mol. The van der Waals surface area contributed by atoms with Crippen molar-refractivity contribution in [3.05, 3.63) is 54.1 Å². The van der Waals surface area contributed by atoms with Gasteiger partial charge in [-0.3, -0.25) is 9.59 Å². The van der Waals surface area contributed by atoms with Gasteiger partial charge in [-0.15, -0.1) is 0 Å². The molecule has 148 valence electrons. The summed E-state index contributed by atoms with van der Waals surface area (Å²) >= 11 is 0. The second kappa shape index (κ2) is 8.43. The molecule has 0 bridgehead atoms. The fourth-order valence-corrected chi connectivity index (χ4v) is 5.10. The Morgan fingerprint density at radius 3 is 2.39 bits per heavy atom. The van der Waals surface area contributed by atoms with Crippen LogP contribution in [0.15, 0.2) is 53.4 Å². The number of primary amides is 1. The molecule has 2 amide bonds. The lowest BCUT2D eigenvalue weighted by Gasteiger charge is -2.13. The van der Waals surface area contributed by atoms with E-state index in [0.717, 1.165) is 12.8 Å². The van der Waals surface area contributed by atoms with E-state index < -0.39 is 21.7 Å². The van der Waals surface area contributed by atoms with Crippen LogP contribution in [0.5, 0.6) is 5.75 Å². The molecular weight excluding hydrogens is 380 g/mol. The number of sulfone groups is 1. The van der Waals surface area contributed by atoms with Crippen LogP contribution in [0.4, 0.5) is 5.69 Å². The summed E-state index contributed by atoms with van der Waals surface area (Å²) in [7, 11) is -3.38. The highest BCUT2D eigenvalue weighted by Gasteiger charge is 2.30. The van der Waals surface area contributed by atoms with Gasteiger partial charge in [-0.2, -0.15) is 0 Å². The Hall–Kier alpha value is -2.87. The fraction of sp³-hybridized carbons (Fsp3) is 0.300. The van der Waals surface area contributed by atoms with E-state index in [2.05, 4.69) is 5.32 Å². The third-order valence-electron chi connectivity index (χ3n) is 4.70. The second-order valence-electron chi connectivity index (χ2n) is 6.70. The lowest BCUT2D eigenvalue weighted by molar-refractivity contribution is -0.118. The predicted octanol–water partition coefficient (Wildman–Crippen LogP) is 2.52. The van der Waals surface area contributed by atoms with Crippen LogP contribution >= 0.6 is 0 Å². The molecule has 0 aliphatic heterocycles. The van der Waals surface area contributed by atoms with E-state index in [-0.39, 0.29) is 16.8 Å². The molecule has 0 atom stereocenters. The largest absolute Gasteiger partial charge is 0.484 e. The molecule has 1 saturated carbocycles. The number of rotatable bonds is 7. The van der Waals surface area contributed by atoms with E-state index in [0.29, 0.717) is 29.8 Å². The van der Waals surface area contributed by atoms with Gasteiger partial charge in [0.2, 0.25) is 5.91 Å². The quantitative estimate of drug-likeness (QED) is 0.738. The number of ether oxygens (including phenoxy) is 1. The van der Waals surface area contributed by atoms with Crippen molar-refractivity contribution in [3.63, 3.8) is 0 Å². The van der Waals surface area contributed by atoms with Gasteiger partial charge < -0.3 is 15.8 Å². The van der Waals surface area contributed by atoms with Gasteiger partial charge in [0.15, 0.2) is 16.4 Å². The monoisotopic (exact) mass is 402 g/mol. The Kier molecular flexibility index (Phi) is 5.99. The van der Waals surface area contributed by atoms with E-state index in [1.54, 1.807) is 30.3 Å². The molecule has 7 nitrogen and oxygen atoms in total. The number of nitrogens with two attached hydrogens (primary N) is 1. The third kappa shape index (κ3) is 4.69. The zero-order valence-electron chi connectivity index (χ0n) is 15.3. The van der Waals surface area contributed by atoms with Gasteiger partial charge in [0.1, 0.15) is 5.75 Å². The van der Waals surface area contributed by atoms with Crippen molar-refractivity contribution in [1.29, 1.82) is 0 Å². The highest BCUT2D eigenvalue weighted by atomic mass is 32.2. The zero-order valence-corrected chi connectivity index (χ0v) is 16.1. The third-order valence-corrected chi connectivity index (χ3v) is 6.96. The molecule has 1 fully saturated rings. The van der Waals surface area contributed by atoms with Crippen molar-refractivity contribution in [2.24, 2.45) is 5.73 Å². The van der Waals surface area contributed by atoms with E-state index in [4.69, 9.17) is 10.5 Å². The topological polar surface area (TPSA) is 116 Å². The van der Waals surface area contributed by atoms with Gasteiger partial charge in [0.25, 0.3) is 5.91 Å². The zero-order chi connectivity index (χ0) is 20.1. The lowest BCUT2D eigenvalue weighted by Crippen LogP contribution is -2.21. The fourth-order valence-electron chi connectivity index (χ4n) is 3.20. The van der Waals surface area contributed by atoms with Crippen LogP contribution in [-0.4, -0.2) is 32.1 Å². The number of hydrogen-bond acceptors (Lipinski definition) is 5. The second-order valence-corrected chi connectivity index (χ2v) is 8.93. The maximum atomic E-state index is 12.7. The average Bonchev–Trinajstić information content (AvgIpc) is 3.22. The molecule has 2 aromatic carbocycles. The van der Waals surface area contributed by atoms with Crippen molar-refractivity contribution >= 4 is 27.3 Å². The van der Waals surface area contributed by atoms with Crippen molar-refractivity contribution < 1.29 is 22.7 Å². The molecule has 0 radical (unpaired) electrons.